The molecule has 0 saturated carbocycles. The molecule has 3 aromatic rings. The molecule has 0 bridgehead atoms. The van der Waals surface area contributed by atoms with Gasteiger partial charge in [-0.2, -0.15) is 0 Å². The lowest BCUT2D eigenvalue weighted by atomic mass is 10.1. The molecular formula is C18H21N5O2. The number of fused-ring (bicyclic) bond motifs is 1. The summed E-state index contributed by atoms with van der Waals surface area (Å²) in [5.74, 6) is 0.972. The summed E-state index contributed by atoms with van der Waals surface area (Å²) in [6, 6.07) is 3.80. The third-order valence-electron chi connectivity index (χ3n) is 3.69. The molecular weight excluding hydrogens is 318 g/mol. The Morgan fingerprint density at radius 3 is 2.76 bits per heavy atom. The lowest BCUT2D eigenvalue weighted by Crippen LogP contribution is -2.11. The minimum Gasteiger partial charge on any atom is -0.474 e. The van der Waals surface area contributed by atoms with Gasteiger partial charge >= 0.3 is 0 Å². The number of nitrogens with one attached hydrogen (secondary N) is 1. The number of hydrogen-bond donors (Lipinski definition) is 1. The summed E-state index contributed by atoms with van der Waals surface area (Å²) in [4.78, 5) is 24.6. The van der Waals surface area contributed by atoms with E-state index in [9.17, 15) is 4.79 Å². The maximum atomic E-state index is 11.6. The zero-order chi connectivity index (χ0) is 18.0. The molecule has 7 heteroatoms. The fraction of sp³-hybridized carbons (Fsp3) is 0.333. The number of aromatic nitrogens is 4. The number of pyridine rings is 2. The Bertz CT molecular complexity index is 917. The highest BCUT2D eigenvalue weighted by atomic mass is 16.5. The lowest BCUT2D eigenvalue weighted by molar-refractivity contribution is -0.115. The van der Waals surface area contributed by atoms with Crippen LogP contribution in [0.3, 0.4) is 0 Å². The summed E-state index contributed by atoms with van der Waals surface area (Å²) in [6.07, 6.45) is 5.54. The third-order valence-corrected chi connectivity index (χ3v) is 3.69. The second-order valence-corrected chi connectivity index (χ2v) is 6.06. The van der Waals surface area contributed by atoms with Crippen LogP contribution < -0.4 is 10.1 Å². The van der Waals surface area contributed by atoms with Gasteiger partial charge in [0.1, 0.15) is 5.82 Å². The number of amides is 1. The van der Waals surface area contributed by atoms with Crippen LogP contribution in [0, 0.1) is 0 Å². The molecule has 0 atom stereocenters. The van der Waals surface area contributed by atoms with Gasteiger partial charge in [0.2, 0.25) is 11.8 Å². The Kier molecular flexibility index (Phi) is 4.65. The third kappa shape index (κ3) is 3.60. The predicted octanol–water partition coefficient (Wildman–Crippen LogP) is 3.17. The van der Waals surface area contributed by atoms with Crippen molar-refractivity contribution in [2.45, 2.75) is 33.3 Å². The van der Waals surface area contributed by atoms with Crippen molar-refractivity contribution < 1.29 is 9.53 Å². The van der Waals surface area contributed by atoms with E-state index >= 15 is 0 Å². The molecule has 3 heterocycles. The zero-order valence-electron chi connectivity index (χ0n) is 14.8. The summed E-state index contributed by atoms with van der Waals surface area (Å²) in [5.41, 5.74) is 2.46. The first-order chi connectivity index (χ1) is 12.0. The number of ether oxygens (including phenoxy) is 1. The number of carbonyl (C=O) groups excluding carboxylic acids is 1. The minimum absolute atomic E-state index is 0.00648. The molecule has 0 aromatic carbocycles. The molecule has 1 amide bonds. The van der Waals surface area contributed by atoms with E-state index in [2.05, 4.69) is 20.3 Å². The molecule has 0 aliphatic carbocycles. The quantitative estimate of drug-likeness (QED) is 0.772. The first kappa shape index (κ1) is 16.9. The topological polar surface area (TPSA) is 81.9 Å². The number of rotatable bonds is 5. The van der Waals surface area contributed by atoms with Crippen LogP contribution in [-0.4, -0.2) is 31.5 Å². The highest BCUT2D eigenvalue weighted by Gasteiger charge is 2.15. The van der Waals surface area contributed by atoms with E-state index < -0.39 is 0 Å². The van der Waals surface area contributed by atoms with Gasteiger partial charge in [0.15, 0.2) is 0 Å². The summed E-state index contributed by atoms with van der Waals surface area (Å²) >= 11 is 0. The van der Waals surface area contributed by atoms with Crippen molar-refractivity contribution in [2.75, 3.05) is 5.32 Å². The van der Waals surface area contributed by atoms with Gasteiger partial charge in [-0.3, -0.25) is 4.79 Å². The highest BCUT2D eigenvalue weighted by Crippen LogP contribution is 2.32. The monoisotopic (exact) mass is 339 g/mol. The normalized spacial score (nSPS) is 11.1. The summed E-state index contributed by atoms with van der Waals surface area (Å²) in [6.45, 7) is 5.72. The van der Waals surface area contributed by atoms with Crippen LogP contribution in [0.5, 0.6) is 5.88 Å². The van der Waals surface area contributed by atoms with Crippen LogP contribution in [0.1, 0.15) is 27.2 Å². The fourth-order valence-corrected chi connectivity index (χ4v) is 2.47. The van der Waals surface area contributed by atoms with Gasteiger partial charge < -0.3 is 14.6 Å². The zero-order valence-corrected chi connectivity index (χ0v) is 14.8. The molecule has 0 aliphatic rings. The molecule has 7 nitrogen and oxygen atoms in total. The summed E-state index contributed by atoms with van der Waals surface area (Å²) in [7, 11) is 1.92. The Morgan fingerprint density at radius 2 is 2.12 bits per heavy atom. The van der Waals surface area contributed by atoms with E-state index in [1.165, 1.54) is 0 Å². The molecule has 0 saturated heterocycles. The van der Waals surface area contributed by atoms with Gasteiger partial charge in [-0.05, 0) is 26.0 Å². The Labute approximate surface area is 146 Å². The molecule has 3 rings (SSSR count). The van der Waals surface area contributed by atoms with Crippen LogP contribution in [0.15, 0.2) is 30.9 Å². The molecule has 0 spiro atoms. The smallest absolute Gasteiger partial charge is 0.225 e. The molecule has 3 aromatic heterocycles. The van der Waals surface area contributed by atoms with Gasteiger partial charge in [-0.15, -0.1) is 0 Å². The van der Waals surface area contributed by atoms with Gasteiger partial charge in [-0.25, -0.2) is 15.0 Å². The van der Waals surface area contributed by atoms with Gasteiger partial charge in [-0.1, -0.05) is 6.92 Å². The second-order valence-electron chi connectivity index (χ2n) is 6.06. The van der Waals surface area contributed by atoms with Crippen molar-refractivity contribution in [1.29, 1.82) is 0 Å². The summed E-state index contributed by atoms with van der Waals surface area (Å²) < 4.78 is 7.81. The number of carbonyl (C=O) groups is 1. The predicted molar refractivity (Wildman–Crippen MR) is 96.4 cm³/mol. The average molecular weight is 339 g/mol. The summed E-state index contributed by atoms with van der Waals surface area (Å²) in [5, 5.41) is 3.64. The number of aryl methyl sites for hydroxylation is 1. The fourth-order valence-electron chi connectivity index (χ4n) is 2.47. The van der Waals surface area contributed by atoms with Crippen molar-refractivity contribution >= 4 is 22.6 Å². The van der Waals surface area contributed by atoms with Gasteiger partial charge in [0, 0.05) is 18.9 Å². The molecule has 1 N–H and O–H groups in total. The van der Waals surface area contributed by atoms with Crippen molar-refractivity contribution in [3.8, 4) is 17.1 Å². The molecule has 25 heavy (non-hydrogen) atoms. The molecule has 130 valence electrons. The van der Waals surface area contributed by atoms with Crippen LogP contribution in [-0.2, 0) is 11.8 Å². The Hall–Kier alpha value is -2.96. The van der Waals surface area contributed by atoms with E-state index in [0.29, 0.717) is 23.6 Å². The Balaban J connectivity index is 2.13. The van der Waals surface area contributed by atoms with E-state index in [-0.39, 0.29) is 12.0 Å². The van der Waals surface area contributed by atoms with E-state index in [0.717, 1.165) is 16.6 Å². The van der Waals surface area contributed by atoms with E-state index in [1.54, 1.807) is 25.6 Å². The van der Waals surface area contributed by atoms with Crippen LogP contribution >= 0.6 is 0 Å². The molecule has 0 radical (unpaired) electrons. The molecule has 0 unspecified atom stereocenters. The van der Waals surface area contributed by atoms with Crippen molar-refractivity contribution in [3.05, 3.63) is 30.9 Å². The average Bonchev–Trinajstić information content (AvgIpc) is 2.99. The SMILES string of the molecule is CCC(=O)Nc1cc2cc(-c3cncn3C)c(OC(C)C)nc2cn1. The number of imidazole rings is 1. The van der Waals surface area contributed by atoms with Crippen LogP contribution in [0.2, 0.25) is 0 Å². The maximum absolute atomic E-state index is 11.6. The first-order valence-electron chi connectivity index (χ1n) is 8.22. The van der Waals surface area contributed by atoms with E-state index in [1.807, 2.05) is 37.6 Å². The van der Waals surface area contributed by atoms with E-state index in [4.69, 9.17) is 4.74 Å². The van der Waals surface area contributed by atoms with Crippen LogP contribution in [0.4, 0.5) is 5.82 Å². The van der Waals surface area contributed by atoms with Crippen LogP contribution in [0.25, 0.3) is 22.2 Å². The molecule has 0 aliphatic heterocycles. The van der Waals surface area contributed by atoms with Crippen molar-refractivity contribution in [1.82, 2.24) is 19.5 Å². The standard InChI is InChI=1S/C18H21N5O2/c1-5-17(24)22-16-7-12-6-13(15-9-19-10-23(15)4)18(25-11(2)3)21-14(12)8-20-16/h6-11H,5H2,1-4H3,(H,20,22,24). The van der Waals surface area contributed by atoms with Gasteiger partial charge in [0.25, 0.3) is 0 Å². The van der Waals surface area contributed by atoms with Crippen molar-refractivity contribution in [2.24, 2.45) is 7.05 Å². The minimum atomic E-state index is -0.0774. The number of hydrogen-bond acceptors (Lipinski definition) is 5. The highest BCUT2D eigenvalue weighted by molar-refractivity contribution is 5.93. The first-order valence-corrected chi connectivity index (χ1v) is 8.22. The lowest BCUT2D eigenvalue weighted by Gasteiger charge is -2.15. The maximum Gasteiger partial charge on any atom is 0.225 e. The number of nitrogens with zero attached hydrogens (tertiary/aromatic N) is 4. The largest absolute Gasteiger partial charge is 0.474 e. The second kappa shape index (κ2) is 6.88. The van der Waals surface area contributed by atoms with Gasteiger partial charge in [0.05, 0.1) is 41.6 Å². The molecule has 0 fully saturated rings. The Morgan fingerprint density at radius 1 is 1.32 bits per heavy atom. The van der Waals surface area contributed by atoms with Crippen molar-refractivity contribution in [3.63, 3.8) is 0 Å². The number of anilines is 1.